The van der Waals surface area contributed by atoms with Gasteiger partial charge in [0.25, 0.3) is 5.69 Å². The molecule has 0 bridgehead atoms. The van der Waals surface area contributed by atoms with Crippen LogP contribution in [0.4, 0.5) is 17.1 Å². The van der Waals surface area contributed by atoms with Crippen LogP contribution in [0.1, 0.15) is 16.1 Å². The maximum absolute atomic E-state index is 12.0. The number of ether oxygens (including phenoxy) is 1. The number of rotatable bonds is 7. The quantitative estimate of drug-likeness (QED) is 0.239. The van der Waals surface area contributed by atoms with Gasteiger partial charge in [0.1, 0.15) is 17.2 Å². The molecule has 0 saturated carbocycles. The van der Waals surface area contributed by atoms with E-state index in [4.69, 9.17) is 20.8 Å². The number of carbonyl (C=O) groups is 1. The van der Waals surface area contributed by atoms with Gasteiger partial charge in [-0.15, -0.1) is 0 Å². The van der Waals surface area contributed by atoms with Crippen LogP contribution in [0.3, 0.4) is 0 Å². The lowest BCUT2D eigenvalue weighted by molar-refractivity contribution is -0.393. The van der Waals surface area contributed by atoms with Crippen molar-refractivity contribution in [2.45, 2.75) is 0 Å². The predicted octanol–water partition coefficient (Wildman–Crippen LogP) is 4.65. The first kappa shape index (κ1) is 21.5. The van der Waals surface area contributed by atoms with Gasteiger partial charge < -0.3 is 9.15 Å². The SMILES string of the molecule is COC(=O)c1ccc(Cl)cc1-c1ccc(/C=N\Nc2ccc([N+](=O)[O-])cc2[N+](=O)[O-])o1. The Morgan fingerprint density at radius 2 is 1.90 bits per heavy atom. The van der Waals surface area contributed by atoms with Gasteiger partial charge in [0.2, 0.25) is 0 Å². The first-order valence-corrected chi connectivity index (χ1v) is 8.88. The highest BCUT2D eigenvalue weighted by Crippen LogP contribution is 2.30. The molecule has 0 saturated heterocycles. The van der Waals surface area contributed by atoms with Crippen LogP contribution in [0.15, 0.2) is 58.0 Å². The highest BCUT2D eigenvalue weighted by atomic mass is 35.5. The number of hydrogen-bond acceptors (Lipinski definition) is 9. The Kier molecular flexibility index (Phi) is 6.26. The molecule has 0 atom stereocenters. The second kappa shape index (κ2) is 9.05. The Morgan fingerprint density at radius 1 is 1.13 bits per heavy atom. The second-order valence-electron chi connectivity index (χ2n) is 5.97. The van der Waals surface area contributed by atoms with Crippen LogP contribution in [-0.4, -0.2) is 29.1 Å². The van der Waals surface area contributed by atoms with E-state index in [0.29, 0.717) is 16.3 Å². The lowest BCUT2D eigenvalue weighted by Crippen LogP contribution is -2.03. The van der Waals surface area contributed by atoms with E-state index < -0.39 is 27.2 Å². The summed E-state index contributed by atoms with van der Waals surface area (Å²) < 4.78 is 10.4. The van der Waals surface area contributed by atoms with Gasteiger partial charge in [-0.2, -0.15) is 5.10 Å². The van der Waals surface area contributed by atoms with E-state index in [1.54, 1.807) is 24.3 Å². The Bertz CT molecular complexity index is 1210. The number of anilines is 1. The summed E-state index contributed by atoms with van der Waals surface area (Å²) in [6.07, 6.45) is 1.25. The second-order valence-corrected chi connectivity index (χ2v) is 6.41. The Morgan fingerprint density at radius 3 is 2.58 bits per heavy atom. The summed E-state index contributed by atoms with van der Waals surface area (Å²) in [6, 6.07) is 10.9. The number of nitrogens with one attached hydrogen (secondary N) is 1. The summed E-state index contributed by atoms with van der Waals surface area (Å²) in [4.78, 5) is 32.4. The molecule has 0 aliphatic heterocycles. The van der Waals surface area contributed by atoms with E-state index in [1.807, 2.05) is 0 Å². The number of halogens is 1. The maximum Gasteiger partial charge on any atom is 0.338 e. The number of nitro benzene ring substituents is 2. The molecule has 1 aromatic heterocycles. The number of hydrazone groups is 1. The lowest BCUT2D eigenvalue weighted by atomic mass is 10.1. The Balaban J connectivity index is 1.83. The van der Waals surface area contributed by atoms with Crippen molar-refractivity contribution in [2.24, 2.45) is 5.10 Å². The van der Waals surface area contributed by atoms with Crippen molar-refractivity contribution in [3.8, 4) is 11.3 Å². The molecule has 2 aromatic carbocycles. The third-order valence-electron chi connectivity index (χ3n) is 4.04. The first-order valence-electron chi connectivity index (χ1n) is 8.50. The molecule has 31 heavy (non-hydrogen) atoms. The number of benzene rings is 2. The normalized spacial score (nSPS) is 10.8. The van der Waals surface area contributed by atoms with E-state index in [9.17, 15) is 25.0 Å². The fraction of sp³-hybridized carbons (Fsp3) is 0.0526. The molecular formula is C19H13ClN4O7. The van der Waals surface area contributed by atoms with Gasteiger partial charge in [-0.1, -0.05) is 11.6 Å². The van der Waals surface area contributed by atoms with Gasteiger partial charge in [-0.25, -0.2) is 4.79 Å². The minimum Gasteiger partial charge on any atom is -0.465 e. The number of furan rings is 1. The molecule has 0 unspecified atom stereocenters. The van der Waals surface area contributed by atoms with E-state index in [2.05, 4.69) is 10.5 Å². The molecule has 3 rings (SSSR count). The molecule has 11 nitrogen and oxygen atoms in total. The smallest absolute Gasteiger partial charge is 0.338 e. The van der Waals surface area contributed by atoms with Crippen molar-refractivity contribution < 1.29 is 23.8 Å². The molecule has 3 aromatic rings. The van der Waals surface area contributed by atoms with Crippen molar-refractivity contribution >= 4 is 40.8 Å². The van der Waals surface area contributed by atoms with Crippen LogP contribution in [0, 0.1) is 20.2 Å². The number of nitrogens with zero attached hydrogens (tertiary/aromatic N) is 3. The molecule has 12 heteroatoms. The summed E-state index contributed by atoms with van der Waals surface area (Å²) >= 11 is 6.02. The summed E-state index contributed by atoms with van der Waals surface area (Å²) in [6.45, 7) is 0. The standard InChI is InChI=1S/C19H13ClN4O7/c1-30-19(25)14-5-2-11(20)8-15(14)18-7-4-13(31-18)10-21-22-16-6-3-12(23(26)27)9-17(16)24(28)29/h2-10,22H,1H3/b21-10-. The average Bonchev–Trinajstić information content (AvgIpc) is 3.21. The van der Waals surface area contributed by atoms with Crippen LogP contribution in [0.5, 0.6) is 0 Å². The van der Waals surface area contributed by atoms with Crippen molar-refractivity contribution in [1.82, 2.24) is 0 Å². The number of nitro groups is 2. The summed E-state index contributed by atoms with van der Waals surface area (Å²) in [7, 11) is 1.25. The van der Waals surface area contributed by atoms with Gasteiger partial charge in [-0.05, 0) is 36.4 Å². The Labute approximate surface area is 179 Å². The third kappa shape index (κ3) is 4.85. The van der Waals surface area contributed by atoms with Crippen LogP contribution in [-0.2, 0) is 4.74 Å². The van der Waals surface area contributed by atoms with Gasteiger partial charge in [-0.3, -0.25) is 25.7 Å². The molecule has 0 fully saturated rings. The van der Waals surface area contributed by atoms with Crippen LogP contribution in [0.25, 0.3) is 11.3 Å². The number of carbonyl (C=O) groups excluding carboxylic acids is 1. The molecule has 0 spiro atoms. The van der Waals surface area contributed by atoms with E-state index in [1.165, 1.54) is 25.5 Å². The fourth-order valence-electron chi connectivity index (χ4n) is 2.62. The molecule has 158 valence electrons. The molecule has 0 radical (unpaired) electrons. The van der Waals surface area contributed by atoms with Gasteiger partial charge in [0.05, 0.1) is 34.8 Å². The maximum atomic E-state index is 12.0. The Hall–Kier alpha value is -4.25. The van der Waals surface area contributed by atoms with Gasteiger partial charge in [0, 0.05) is 16.7 Å². The number of hydrogen-bond donors (Lipinski definition) is 1. The number of esters is 1. The van der Waals surface area contributed by atoms with Crippen LogP contribution in [0.2, 0.25) is 5.02 Å². The van der Waals surface area contributed by atoms with E-state index in [-0.39, 0.29) is 17.0 Å². The minimum absolute atomic E-state index is 0.0403. The molecule has 0 amide bonds. The summed E-state index contributed by atoms with van der Waals surface area (Å²) in [5.41, 5.74) is 2.16. The lowest BCUT2D eigenvalue weighted by Gasteiger charge is -2.06. The largest absolute Gasteiger partial charge is 0.465 e. The highest BCUT2D eigenvalue weighted by molar-refractivity contribution is 6.31. The van der Waals surface area contributed by atoms with E-state index >= 15 is 0 Å². The third-order valence-corrected chi connectivity index (χ3v) is 4.28. The van der Waals surface area contributed by atoms with Crippen molar-refractivity contribution in [2.75, 3.05) is 12.5 Å². The van der Waals surface area contributed by atoms with Gasteiger partial charge in [0.15, 0.2) is 0 Å². The fourth-order valence-corrected chi connectivity index (χ4v) is 2.79. The molecule has 1 N–H and O–H groups in total. The van der Waals surface area contributed by atoms with Crippen molar-refractivity contribution in [3.63, 3.8) is 0 Å². The molecular weight excluding hydrogens is 432 g/mol. The van der Waals surface area contributed by atoms with Crippen LogP contribution < -0.4 is 5.43 Å². The number of methoxy groups -OCH3 is 1. The minimum atomic E-state index is -0.761. The van der Waals surface area contributed by atoms with Gasteiger partial charge >= 0.3 is 11.7 Å². The molecule has 1 heterocycles. The first-order chi connectivity index (χ1) is 14.8. The average molecular weight is 445 g/mol. The predicted molar refractivity (Wildman–Crippen MR) is 111 cm³/mol. The highest BCUT2D eigenvalue weighted by Gasteiger charge is 2.19. The molecule has 0 aliphatic rings. The zero-order valence-corrected chi connectivity index (χ0v) is 16.5. The van der Waals surface area contributed by atoms with Crippen molar-refractivity contribution in [3.05, 3.63) is 85.1 Å². The topological polar surface area (TPSA) is 150 Å². The van der Waals surface area contributed by atoms with E-state index in [0.717, 1.165) is 12.1 Å². The molecule has 0 aliphatic carbocycles. The summed E-state index contributed by atoms with van der Waals surface area (Å²) in [5, 5.41) is 26.2. The van der Waals surface area contributed by atoms with Crippen molar-refractivity contribution in [1.29, 1.82) is 0 Å². The summed E-state index contributed by atoms with van der Waals surface area (Å²) in [5.74, 6) is 0.0268. The zero-order chi connectivity index (χ0) is 22.5. The monoisotopic (exact) mass is 444 g/mol. The van der Waals surface area contributed by atoms with Crippen LogP contribution >= 0.6 is 11.6 Å². The number of non-ortho nitro benzene ring substituents is 1. The zero-order valence-electron chi connectivity index (χ0n) is 15.8.